The van der Waals surface area contributed by atoms with Gasteiger partial charge >= 0.3 is 0 Å². The fourth-order valence-electron chi connectivity index (χ4n) is 3.61. The number of para-hydroxylation sites is 1. The van der Waals surface area contributed by atoms with Crippen LogP contribution in [0, 0.1) is 20.8 Å². The third kappa shape index (κ3) is 5.59. The number of methoxy groups -OCH3 is 1. The Kier molecular flexibility index (Phi) is 7.05. The van der Waals surface area contributed by atoms with Crippen molar-refractivity contribution in [1.82, 2.24) is 4.98 Å². The van der Waals surface area contributed by atoms with E-state index in [4.69, 9.17) is 9.47 Å². The molecule has 1 heterocycles. The average Bonchev–Trinajstić information content (AvgIpc) is 3.26. The predicted molar refractivity (Wildman–Crippen MR) is 137 cm³/mol. The van der Waals surface area contributed by atoms with Crippen molar-refractivity contribution in [2.75, 3.05) is 12.5 Å². The highest BCUT2D eigenvalue weighted by Crippen LogP contribution is 2.31. The van der Waals surface area contributed by atoms with Crippen molar-refractivity contribution in [3.63, 3.8) is 0 Å². The first-order valence-electron chi connectivity index (χ1n) is 10.7. The van der Waals surface area contributed by atoms with Crippen LogP contribution in [0.25, 0.3) is 11.3 Å². The smallest absolute Gasteiger partial charge is 0.203 e. The molecule has 6 heteroatoms. The molecular formula is C27H27N3O2S. The number of anilines is 1. The number of hydrogen-bond acceptors (Lipinski definition) is 6. The zero-order valence-electron chi connectivity index (χ0n) is 19.3. The van der Waals surface area contributed by atoms with E-state index < -0.39 is 0 Å². The molecule has 5 nitrogen and oxygen atoms in total. The van der Waals surface area contributed by atoms with Crippen molar-refractivity contribution in [1.29, 1.82) is 0 Å². The quantitative estimate of drug-likeness (QED) is 0.234. The van der Waals surface area contributed by atoms with Gasteiger partial charge in [0.1, 0.15) is 6.61 Å². The van der Waals surface area contributed by atoms with Gasteiger partial charge in [-0.05, 0) is 44.0 Å². The molecule has 1 aromatic heterocycles. The zero-order valence-corrected chi connectivity index (χ0v) is 20.1. The highest BCUT2D eigenvalue weighted by atomic mass is 32.1. The van der Waals surface area contributed by atoms with E-state index >= 15 is 0 Å². The van der Waals surface area contributed by atoms with Gasteiger partial charge in [-0.3, -0.25) is 5.43 Å². The second-order valence-corrected chi connectivity index (χ2v) is 8.74. The summed E-state index contributed by atoms with van der Waals surface area (Å²) < 4.78 is 11.6. The van der Waals surface area contributed by atoms with Crippen LogP contribution in [0.1, 0.15) is 27.8 Å². The first-order chi connectivity index (χ1) is 16.0. The van der Waals surface area contributed by atoms with Gasteiger partial charge in [0.25, 0.3) is 0 Å². The van der Waals surface area contributed by atoms with Crippen LogP contribution in [0.2, 0.25) is 0 Å². The molecule has 0 amide bonds. The summed E-state index contributed by atoms with van der Waals surface area (Å²) in [7, 11) is 1.64. The fraction of sp³-hybridized carbons (Fsp3) is 0.185. The maximum Gasteiger partial charge on any atom is 0.203 e. The molecule has 0 saturated carbocycles. The SMILES string of the molecule is COc1cccc(/C=N\Nc2nc(-c3ccc(C)cc3C)cs2)c1OCc1cccc(C)c1. The van der Waals surface area contributed by atoms with E-state index in [1.165, 1.54) is 28.0 Å². The molecule has 0 aliphatic heterocycles. The van der Waals surface area contributed by atoms with Gasteiger partial charge in [-0.25, -0.2) is 4.98 Å². The lowest BCUT2D eigenvalue weighted by Crippen LogP contribution is -2.01. The average molecular weight is 458 g/mol. The van der Waals surface area contributed by atoms with E-state index in [0.29, 0.717) is 18.1 Å². The largest absolute Gasteiger partial charge is 0.493 e. The van der Waals surface area contributed by atoms with E-state index in [9.17, 15) is 0 Å². The van der Waals surface area contributed by atoms with Gasteiger partial charge in [0.15, 0.2) is 11.5 Å². The second-order valence-electron chi connectivity index (χ2n) is 7.88. The Morgan fingerprint density at radius 1 is 1.00 bits per heavy atom. The highest BCUT2D eigenvalue weighted by molar-refractivity contribution is 7.14. The normalized spacial score (nSPS) is 11.0. The number of nitrogens with zero attached hydrogens (tertiary/aromatic N) is 2. The number of nitrogens with one attached hydrogen (secondary N) is 1. The maximum absolute atomic E-state index is 6.13. The third-order valence-electron chi connectivity index (χ3n) is 5.22. The molecule has 0 aliphatic rings. The monoisotopic (exact) mass is 457 g/mol. The fourth-order valence-corrected chi connectivity index (χ4v) is 4.27. The number of benzene rings is 3. The van der Waals surface area contributed by atoms with Crippen molar-refractivity contribution in [3.8, 4) is 22.8 Å². The van der Waals surface area contributed by atoms with Gasteiger partial charge in [-0.2, -0.15) is 5.10 Å². The van der Waals surface area contributed by atoms with E-state index in [1.54, 1.807) is 13.3 Å². The lowest BCUT2D eigenvalue weighted by molar-refractivity contribution is 0.284. The Morgan fingerprint density at radius 2 is 1.82 bits per heavy atom. The number of aryl methyl sites for hydroxylation is 3. The van der Waals surface area contributed by atoms with Crippen LogP contribution in [0.15, 0.2) is 71.1 Å². The molecule has 0 radical (unpaired) electrons. The minimum atomic E-state index is 0.446. The molecule has 33 heavy (non-hydrogen) atoms. The number of hydrogen-bond donors (Lipinski definition) is 1. The summed E-state index contributed by atoms with van der Waals surface area (Å²) >= 11 is 1.52. The third-order valence-corrected chi connectivity index (χ3v) is 5.97. The summed E-state index contributed by atoms with van der Waals surface area (Å²) in [4.78, 5) is 4.68. The summed E-state index contributed by atoms with van der Waals surface area (Å²) in [6.07, 6.45) is 1.73. The number of aromatic nitrogens is 1. The summed E-state index contributed by atoms with van der Waals surface area (Å²) in [5, 5.41) is 7.17. The minimum absolute atomic E-state index is 0.446. The second kappa shape index (κ2) is 10.3. The Morgan fingerprint density at radius 3 is 2.61 bits per heavy atom. The first-order valence-corrected chi connectivity index (χ1v) is 11.6. The molecule has 168 valence electrons. The topological polar surface area (TPSA) is 55.7 Å². The minimum Gasteiger partial charge on any atom is -0.493 e. The van der Waals surface area contributed by atoms with Gasteiger partial charge in [-0.15, -0.1) is 11.3 Å². The molecule has 4 rings (SSSR count). The number of thiazole rings is 1. The van der Waals surface area contributed by atoms with Crippen LogP contribution >= 0.6 is 11.3 Å². The van der Waals surface area contributed by atoms with Crippen molar-refractivity contribution >= 4 is 22.7 Å². The molecule has 4 aromatic rings. The number of ether oxygens (including phenoxy) is 2. The zero-order chi connectivity index (χ0) is 23.2. The van der Waals surface area contributed by atoms with Gasteiger partial charge in [0, 0.05) is 16.5 Å². The van der Waals surface area contributed by atoms with Gasteiger partial charge < -0.3 is 9.47 Å². The van der Waals surface area contributed by atoms with Gasteiger partial charge in [0.2, 0.25) is 5.13 Å². The highest BCUT2D eigenvalue weighted by Gasteiger charge is 2.11. The lowest BCUT2D eigenvalue weighted by Gasteiger charge is -2.13. The Labute approximate surface area is 198 Å². The van der Waals surface area contributed by atoms with Gasteiger partial charge in [-0.1, -0.05) is 59.7 Å². The van der Waals surface area contributed by atoms with Gasteiger partial charge in [0.05, 0.1) is 19.0 Å². The molecule has 0 aliphatic carbocycles. The summed E-state index contributed by atoms with van der Waals surface area (Å²) in [5.74, 6) is 1.32. The van der Waals surface area contributed by atoms with Crippen LogP contribution in [0.4, 0.5) is 5.13 Å². The molecule has 0 saturated heterocycles. The molecule has 0 bridgehead atoms. The summed E-state index contributed by atoms with van der Waals surface area (Å²) in [6.45, 7) is 6.72. The Hall–Kier alpha value is -3.64. The van der Waals surface area contributed by atoms with E-state index in [1.807, 2.05) is 35.7 Å². The molecular weight excluding hydrogens is 430 g/mol. The van der Waals surface area contributed by atoms with E-state index in [0.717, 1.165) is 27.5 Å². The van der Waals surface area contributed by atoms with Crippen LogP contribution in [-0.4, -0.2) is 18.3 Å². The molecule has 0 fully saturated rings. The lowest BCUT2D eigenvalue weighted by atomic mass is 10.0. The predicted octanol–water partition coefficient (Wildman–Crippen LogP) is 6.77. The van der Waals surface area contributed by atoms with Crippen molar-refractivity contribution in [2.24, 2.45) is 5.10 Å². The Balaban J connectivity index is 1.48. The summed E-state index contributed by atoms with van der Waals surface area (Å²) in [6, 6.07) is 20.4. The standard InChI is InChI=1S/C27H27N3O2S/c1-18-7-5-8-21(14-18)16-32-26-22(9-6-10-25(26)31-4)15-28-30-27-29-24(17-33-27)23-12-11-19(2)13-20(23)3/h5-15,17H,16H2,1-4H3,(H,29,30)/b28-15-. The molecule has 3 aromatic carbocycles. The molecule has 0 atom stereocenters. The summed E-state index contributed by atoms with van der Waals surface area (Å²) in [5.41, 5.74) is 10.7. The van der Waals surface area contributed by atoms with Crippen molar-refractivity contribution < 1.29 is 9.47 Å². The number of rotatable bonds is 8. The first kappa shape index (κ1) is 22.6. The van der Waals surface area contributed by atoms with Crippen molar-refractivity contribution in [3.05, 3.63) is 93.9 Å². The Bertz CT molecular complexity index is 1280. The number of hydrazone groups is 1. The molecule has 0 spiro atoms. The van der Waals surface area contributed by atoms with E-state index in [2.05, 4.69) is 66.6 Å². The van der Waals surface area contributed by atoms with Crippen LogP contribution < -0.4 is 14.9 Å². The molecule has 0 unspecified atom stereocenters. The van der Waals surface area contributed by atoms with Crippen LogP contribution in [-0.2, 0) is 6.61 Å². The van der Waals surface area contributed by atoms with Crippen LogP contribution in [0.5, 0.6) is 11.5 Å². The van der Waals surface area contributed by atoms with E-state index in [-0.39, 0.29) is 0 Å². The molecule has 1 N–H and O–H groups in total. The maximum atomic E-state index is 6.13. The van der Waals surface area contributed by atoms with Crippen LogP contribution in [0.3, 0.4) is 0 Å². The van der Waals surface area contributed by atoms with Crippen molar-refractivity contribution in [2.45, 2.75) is 27.4 Å².